The lowest BCUT2D eigenvalue weighted by Crippen LogP contribution is -1.89. The van der Waals surface area contributed by atoms with Gasteiger partial charge in [0, 0.05) is 27.6 Å². The Morgan fingerprint density at radius 1 is 0.667 bits per heavy atom. The highest BCUT2D eigenvalue weighted by molar-refractivity contribution is 5.92. The van der Waals surface area contributed by atoms with E-state index in [0.717, 1.165) is 61.5 Å². The van der Waals surface area contributed by atoms with Crippen molar-refractivity contribution in [1.29, 1.82) is 0 Å². The fraction of sp³-hybridized carbons (Fsp3) is 0.103. The SMILES string of the molecule is CC1=Cc2nc1cc1ccc(cc3cc(C)c(cc4nc(c2-c2ccc(C)cc2)C=C4)[nH]3)[nH]1. The van der Waals surface area contributed by atoms with Gasteiger partial charge in [0.05, 0.1) is 22.8 Å². The molecule has 0 spiro atoms. The van der Waals surface area contributed by atoms with E-state index in [4.69, 9.17) is 9.97 Å². The average molecular weight is 429 g/mol. The summed E-state index contributed by atoms with van der Waals surface area (Å²) in [7, 11) is 0. The molecular weight excluding hydrogens is 404 g/mol. The molecule has 0 amide bonds. The molecule has 8 bridgehead atoms. The van der Waals surface area contributed by atoms with Gasteiger partial charge in [-0.25, -0.2) is 9.97 Å². The van der Waals surface area contributed by atoms with E-state index >= 15 is 0 Å². The highest BCUT2D eigenvalue weighted by Crippen LogP contribution is 2.33. The maximum atomic E-state index is 5.03. The maximum absolute atomic E-state index is 5.03. The molecule has 2 N–H and O–H groups in total. The first kappa shape index (κ1) is 19.5. The largest absolute Gasteiger partial charge is 0.355 e. The highest BCUT2D eigenvalue weighted by atomic mass is 14.8. The molecule has 5 heterocycles. The van der Waals surface area contributed by atoms with Crippen molar-refractivity contribution in [2.24, 2.45) is 0 Å². The molecule has 160 valence electrons. The van der Waals surface area contributed by atoms with Crippen LogP contribution in [0.5, 0.6) is 0 Å². The fourth-order valence-electron chi connectivity index (χ4n) is 4.44. The van der Waals surface area contributed by atoms with E-state index in [1.807, 2.05) is 0 Å². The molecule has 6 rings (SSSR count). The van der Waals surface area contributed by atoms with Crippen molar-refractivity contribution in [3.8, 4) is 11.1 Å². The summed E-state index contributed by atoms with van der Waals surface area (Å²) in [6.07, 6.45) is 6.33. The summed E-state index contributed by atoms with van der Waals surface area (Å²) in [6, 6.07) is 21.3. The molecule has 33 heavy (non-hydrogen) atoms. The summed E-state index contributed by atoms with van der Waals surface area (Å²) in [5.41, 5.74) is 13.7. The van der Waals surface area contributed by atoms with Gasteiger partial charge in [0.25, 0.3) is 0 Å². The molecule has 0 saturated carbocycles. The predicted molar refractivity (Wildman–Crippen MR) is 138 cm³/mol. The molecule has 0 unspecified atom stereocenters. The molecule has 0 radical (unpaired) electrons. The van der Waals surface area contributed by atoms with Gasteiger partial charge in [-0.1, -0.05) is 29.8 Å². The van der Waals surface area contributed by atoms with Crippen LogP contribution in [0.15, 0.2) is 60.7 Å². The second-order valence-corrected chi connectivity index (χ2v) is 8.83. The van der Waals surface area contributed by atoms with Crippen LogP contribution in [0.2, 0.25) is 0 Å². The number of benzene rings is 1. The van der Waals surface area contributed by atoms with E-state index in [1.165, 1.54) is 11.1 Å². The van der Waals surface area contributed by atoms with Gasteiger partial charge in [-0.2, -0.15) is 0 Å². The predicted octanol–water partition coefficient (Wildman–Crippen LogP) is 7.33. The van der Waals surface area contributed by atoms with Crippen LogP contribution < -0.4 is 0 Å². The van der Waals surface area contributed by atoms with Crippen LogP contribution in [-0.2, 0) is 0 Å². The number of H-pyrrole nitrogens is 2. The number of aromatic nitrogens is 4. The molecule has 4 nitrogen and oxygen atoms in total. The first-order valence-corrected chi connectivity index (χ1v) is 11.2. The van der Waals surface area contributed by atoms with Crippen molar-refractivity contribution in [1.82, 2.24) is 19.9 Å². The van der Waals surface area contributed by atoms with Crippen LogP contribution in [0.4, 0.5) is 0 Å². The average Bonchev–Trinajstić information content (AvgIpc) is 3.56. The number of nitrogens with one attached hydrogen (secondary N) is 2. The fourth-order valence-corrected chi connectivity index (χ4v) is 4.44. The maximum Gasteiger partial charge on any atom is 0.0740 e. The monoisotopic (exact) mass is 428 g/mol. The minimum Gasteiger partial charge on any atom is -0.355 e. The molecule has 4 heteroatoms. The Labute approximate surface area is 192 Å². The lowest BCUT2D eigenvalue weighted by molar-refractivity contribution is 1.27. The third-order valence-electron chi connectivity index (χ3n) is 6.21. The molecule has 0 atom stereocenters. The van der Waals surface area contributed by atoms with Crippen molar-refractivity contribution in [2.75, 3.05) is 0 Å². The Morgan fingerprint density at radius 2 is 1.45 bits per heavy atom. The van der Waals surface area contributed by atoms with Crippen LogP contribution in [-0.4, -0.2) is 19.9 Å². The summed E-state index contributed by atoms with van der Waals surface area (Å²) < 4.78 is 0. The van der Waals surface area contributed by atoms with Gasteiger partial charge < -0.3 is 9.97 Å². The molecular formula is C29H24N4. The number of fused-ring (bicyclic) bond motifs is 8. The number of hydrogen-bond donors (Lipinski definition) is 2. The van der Waals surface area contributed by atoms with Gasteiger partial charge in [-0.05, 0) is 92.1 Å². The molecule has 1 aromatic carbocycles. The molecule has 0 saturated heterocycles. The Balaban J connectivity index is 1.74. The quantitative estimate of drug-likeness (QED) is 0.294. The van der Waals surface area contributed by atoms with Crippen molar-refractivity contribution < 1.29 is 0 Å². The van der Waals surface area contributed by atoms with Gasteiger partial charge >= 0.3 is 0 Å². The van der Waals surface area contributed by atoms with E-state index in [9.17, 15) is 0 Å². The van der Waals surface area contributed by atoms with Gasteiger partial charge in [0.15, 0.2) is 0 Å². The van der Waals surface area contributed by atoms with E-state index in [1.54, 1.807) is 0 Å². The van der Waals surface area contributed by atoms with Gasteiger partial charge in [0.1, 0.15) is 0 Å². The van der Waals surface area contributed by atoms with Crippen LogP contribution >= 0.6 is 0 Å². The van der Waals surface area contributed by atoms with E-state index in [-0.39, 0.29) is 0 Å². The Morgan fingerprint density at radius 3 is 2.27 bits per heavy atom. The van der Waals surface area contributed by atoms with Gasteiger partial charge in [0.2, 0.25) is 0 Å². The van der Waals surface area contributed by atoms with Gasteiger partial charge in [-0.3, -0.25) is 0 Å². The third-order valence-corrected chi connectivity index (χ3v) is 6.21. The highest BCUT2D eigenvalue weighted by Gasteiger charge is 2.16. The zero-order valence-electron chi connectivity index (χ0n) is 18.9. The standard InChI is InChI=1S/C29H24N4/c1-17-4-6-20(7-5-17)29-25-11-10-23(31-25)16-26-18(2)12-24(32-26)14-21-8-9-22(30-21)15-27-19(3)13-28(29)33-27/h4-16,30,32H,1-3H3. The van der Waals surface area contributed by atoms with Crippen LogP contribution in [0.25, 0.3) is 57.0 Å². The van der Waals surface area contributed by atoms with Crippen molar-refractivity contribution in [3.05, 3.63) is 94.6 Å². The van der Waals surface area contributed by atoms with Crippen molar-refractivity contribution in [2.45, 2.75) is 20.8 Å². The molecule has 2 aliphatic rings. The number of rotatable bonds is 1. The summed E-state index contributed by atoms with van der Waals surface area (Å²) in [5, 5.41) is 0. The molecule has 3 aromatic heterocycles. The van der Waals surface area contributed by atoms with Gasteiger partial charge in [-0.15, -0.1) is 0 Å². The van der Waals surface area contributed by atoms with Crippen LogP contribution in [0.1, 0.15) is 40.8 Å². The summed E-state index contributed by atoms with van der Waals surface area (Å²) >= 11 is 0. The minimum absolute atomic E-state index is 0.926. The van der Waals surface area contributed by atoms with Crippen LogP contribution in [0, 0.1) is 13.8 Å². The second kappa shape index (κ2) is 7.45. The lowest BCUT2D eigenvalue weighted by Gasteiger charge is -2.05. The number of allylic oxidation sites excluding steroid dienone is 1. The first-order valence-electron chi connectivity index (χ1n) is 11.2. The summed E-state index contributed by atoms with van der Waals surface area (Å²) in [5.74, 6) is 0. The Hall–Kier alpha value is -4.18. The molecule has 0 fully saturated rings. The number of nitrogens with zero attached hydrogens (tertiary/aromatic N) is 2. The molecule has 4 aromatic rings. The number of aryl methyl sites for hydroxylation is 2. The smallest absolute Gasteiger partial charge is 0.0740 e. The number of hydrogen-bond acceptors (Lipinski definition) is 2. The zero-order chi connectivity index (χ0) is 22.5. The topological polar surface area (TPSA) is 57.4 Å². The molecule has 2 aliphatic heterocycles. The van der Waals surface area contributed by atoms with Crippen LogP contribution in [0.3, 0.4) is 0 Å². The first-order chi connectivity index (χ1) is 16.0. The van der Waals surface area contributed by atoms with E-state index in [2.05, 4.69) is 110 Å². The summed E-state index contributed by atoms with van der Waals surface area (Å²) in [6.45, 7) is 6.33. The Bertz CT molecular complexity index is 1630. The zero-order valence-corrected chi connectivity index (χ0v) is 18.9. The minimum atomic E-state index is 0.926. The third kappa shape index (κ3) is 3.60. The van der Waals surface area contributed by atoms with E-state index in [0.29, 0.717) is 0 Å². The molecule has 0 aliphatic carbocycles. The number of aromatic amines is 2. The lowest BCUT2D eigenvalue weighted by atomic mass is 10.0. The second-order valence-electron chi connectivity index (χ2n) is 8.83. The van der Waals surface area contributed by atoms with Crippen molar-refractivity contribution >= 4 is 45.9 Å². The summed E-state index contributed by atoms with van der Waals surface area (Å²) in [4.78, 5) is 17.0. The van der Waals surface area contributed by atoms with Crippen molar-refractivity contribution in [3.63, 3.8) is 0 Å². The van der Waals surface area contributed by atoms with E-state index < -0.39 is 0 Å². The normalized spacial score (nSPS) is 12.8. The Kier molecular flexibility index (Phi) is 4.40.